The van der Waals surface area contributed by atoms with Crippen LogP contribution >= 0.6 is 27.5 Å². The molecule has 0 fully saturated rings. The van der Waals surface area contributed by atoms with E-state index in [1.165, 1.54) is 0 Å². The normalized spacial score (nSPS) is 10.7. The molecule has 82 valence electrons. The van der Waals surface area contributed by atoms with Gasteiger partial charge >= 0.3 is 5.97 Å². The van der Waals surface area contributed by atoms with Crippen LogP contribution in [-0.2, 0) is 5.88 Å². The van der Waals surface area contributed by atoms with Gasteiger partial charge in [-0.05, 0) is 15.9 Å². The number of aromatic carboxylic acids is 1. The molecule has 0 bridgehead atoms. The van der Waals surface area contributed by atoms with Crippen molar-refractivity contribution in [2.45, 2.75) is 12.3 Å². The Kier molecular flexibility index (Phi) is 3.98. The van der Waals surface area contributed by atoms with Crippen molar-refractivity contribution in [3.05, 3.63) is 27.5 Å². The summed E-state index contributed by atoms with van der Waals surface area (Å²) >= 11 is 8.40. The number of nitrogens with zero attached hydrogens (tertiary/aromatic N) is 1. The van der Waals surface area contributed by atoms with Gasteiger partial charge in [-0.2, -0.15) is 0 Å². The van der Waals surface area contributed by atoms with Gasteiger partial charge in [-0.1, -0.05) is 0 Å². The highest BCUT2D eigenvalue weighted by Crippen LogP contribution is 2.31. The maximum absolute atomic E-state index is 12.6. The summed E-state index contributed by atoms with van der Waals surface area (Å²) in [4.78, 5) is 14.3. The van der Waals surface area contributed by atoms with Crippen LogP contribution in [0.2, 0.25) is 0 Å². The molecule has 1 aromatic rings. The summed E-state index contributed by atoms with van der Waals surface area (Å²) < 4.78 is 25.4. The highest BCUT2D eigenvalue weighted by Gasteiger charge is 2.24. The number of carboxylic acid groups (broad SMARTS) is 1. The number of halogens is 4. The minimum absolute atomic E-state index is 0.00608. The molecule has 1 rings (SSSR count). The average Bonchev–Trinajstić information content (AvgIpc) is 2.16. The minimum Gasteiger partial charge on any atom is -0.478 e. The summed E-state index contributed by atoms with van der Waals surface area (Å²) in [6, 6.07) is 0. The molecule has 1 N–H and O–H groups in total. The molecule has 0 radical (unpaired) electrons. The van der Waals surface area contributed by atoms with Gasteiger partial charge in [0.05, 0.1) is 11.4 Å². The number of alkyl halides is 3. The monoisotopic (exact) mass is 299 g/mol. The standard InChI is InChI=1S/C8H5BrClF2NO2/c9-6-3(1-10)5(7(11)12)4(2-13-6)8(14)15/h2,7H,1H2,(H,14,15). The van der Waals surface area contributed by atoms with Crippen LogP contribution in [0, 0.1) is 0 Å². The number of pyridine rings is 1. The Morgan fingerprint density at radius 3 is 2.67 bits per heavy atom. The molecule has 0 unspecified atom stereocenters. The molecular weight excluding hydrogens is 295 g/mol. The molecule has 7 heteroatoms. The largest absolute Gasteiger partial charge is 0.478 e. The van der Waals surface area contributed by atoms with Crippen LogP contribution in [0.5, 0.6) is 0 Å². The quantitative estimate of drug-likeness (QED) is 0.689. The first kappa shape index (κ1) is 12.3. The second-order valence-corrected chi connectivity index (χ2v) is 3.61. The van der Waals surface area contributed by atoms with E-state index in [0.29, 0.717) is 0 Å². The van der Waals surface area contributed by atoms with Gasteiger partial charge < -0.3 is 5.11 Å². The van der Waals surface area contributed by atoms with E-state index in [-0.39, 0.29) is 16.0 Å². The first-order chi connectivity index (χ1) is 6.99. The van der Waals surface area contributed by atoms with Crippen molar-refractivity contribution in [1.82, 2.24) is 4.98 Å². The predicted octanol–water partition coefficient (Wildman–Crippen LogP) is 3.22. The maximum atomic E-state index is 12.6. The van der Waals surface area contributed by atoms with Crippen LogP contribution in [0.25, 0.3) is 0 Å². The Morgan fingerprint density at radius 1 is 1.67 bits per heavy atom. The zero-order valence-electron chi connectivity index (χ0n) is 7.18. The Labute approximate surface area is 97.2 Å². The van der Waals surface area contributed by atoms with Crippen molar-refractivity contribution >= 4 is 33.5 Å². The molecule has 1 aromatic heterocycles. The van der Waals surface area contributed by atoms with E-state index < -0.39 is 23.5 Å². The van der Waals surface area contributed by atoms with E-state index in [9.17, 15) is 13.6 Å². The Morgan fingerprint density at radius 2 is 2.27 bits per heavy atom. The lowest BCUT2D eigenvalue weighted by atomic mass is 10.1. The van der Waals surface area contributed by atoms with Crippen LogP contribution in [0.3, 0.4) is 0 Å². The molecule has 0 spiro atoms. The van der Waals surface area contributed by atoms with E-state index in [2.05, 4.69) is 20.9 Å². The minimum atomic E-state index is -2.90. The van der Waals surface area contributed by atoms with Gasteiger partial charge in [-0.15, -0.1) is 11.6 Å². The van der Waals surface area contributed by atoms with Crippen molar-refractivity contribution in [2.75, 3.05) is 0 Å². The van der Waals surface area contributed by atoms with Gasteiger partial charge in [0.15, 0.2) is 0 Å². The zero-order chi connectivity index (χ0) is 11.6. The van der Waals surface area contributed by atoms with Gasteiger partial charge in [-0.25, -0.2) is 18.6 Å². The third-order valence-electron chi connectivity index (χ3n) is 1.75. The fourth-order valence-electron chi connectivity index (χ4n) is 1.09. The van der Waals surface area contributed by atoms with Crippen molar-refractivity contribution in [3.63, 3.8) is 0 Å². The number of aromatic nitrogens is 1. The van der Waals surface area contributed by atoms with E-state index >= 15 is 0 Å². The van der Waals surface area contributed by atoms with E-state index in [0.717, 1.165) is 6.20 Å². The molecule has 15 heavy (non-hydrogen) atoms. The summed E-state index contributed by atoms with van der Waals surface area (Å²) in [6.45, 7) is 0. The van der Waals surface area contributed by atoms with Crippen molar-refractivity contribution in [1.29, 1.82) is 0 Å². The van der Waals surface area contributed by atoms with Crippen LogP contribution in [-0.4, -0.2) is 16.1 Å². The zero-order valence-corrected chi connectivity index (χ0v) is 9.52. The average molecular weight is 300 g/mol. The van der Waals surface area contributed by atoms with Gasteiger partial charge in [0.2, 0.25) is 0 Å². The Bertz CT molecular complexity index is 400. The van der Waals surface area contributed by atoms with Crippen LogP contribution < -0.4 is 0 Å². The molecule has 0 aliphatic heterocycles. The predicted molar refractivity (Wildman–Crippen MR) is 53.4 cm³/mol. The third-order valence-corrected chi connectivity index (χ3v) is 2.70. The fraction of sp³-hybridized carbons (Fsp3) is 0.250. The van der Waals surface area contributed by atoms with E-state index in [4.69, 9.17) is 16.7 Å². The van der Waals surface area contributed by atoms with Gasteiger partial charge in [0, 0.05) is 17.3 Å². The molecule has 0 aliphatic carbocycles. The number of hydrogen-bond acceptors (Lipinski definition) is 2. The van der Waals surface area contributed by atoms with Crippen LogP contribution in [0.1, 0.15) is 27.9 Å². The van der Waals surface area contributed by atoms with Crippen molar-refractivity contribution < 1.29 is 18.7 Å². The summed E-state index contributed by atoms with van der Waals surface area (Å²) in [5.41, 5.74) is -1.10. The Balaban J connectivity index is 3.49. The Hall–Kier alpha value is -0.750. The van der Waals surface area contributed by atoms with Crippen molar-refractivity contribution in [3.8, 4) is 0 Å². The maximum Gasteiger partial charge on any atom is 0.337 e. The molecule has 0 aliphatic rings. The molecule has 0 saturated heterocycles. The van der Waals surface area contributed by atoms with Crippen LogP contribution in [0.4, 0.5) is 8.78 Å². The number of carbonyl (C=O) groups is 1. The fourth-order valence-corrected chi connectivity index (χ4v) is 1.98. The van der Waals surface area contributed by atoms with Gasteiger partial charge in [0.1, 0.15) is 4.60 Å². The topological polar surface area (TPSA) is 50.2 Å². The summed E-state index contributed by atoms with van der Waals surface area (Å²) in [5.74, 6) is -1.68. The molecule has 0 amide bonds. The molecule has 1 heterocycles. The highest BCUT2D eigenvalue weighted by atomic mass is 79.9. The smallest absolute Gasteiger partial charge is 0.337 e. The first-order valence-electron chi connectivity index (χ1n) is 3.73. The lowest BCUT2D eigenvalue weighted by Crippen LogP contribution is -2.08. The second kappa shape index (κ2) is 4.85. The van der Waals surface area contributed by atoms with Gasteiger partial charge in [0.25, 0.3) is 6.43 Å². The summed E-state index contributed by atoms with van der Waals surface area (Å²) in [6.07, 6.45) is -2.02. The molecule has 0 aromatic carbocycles. The first-order valence-corrected chi connectivity index (χ1v) is 5.06. The highest BCUT2D eigenvalue weighted by molar-refractivity contribution is 9.10. The molecule has 3 nitrogen and oxygen atoms in total. The van der Waals surface area contributed by atoms with E-state index in [1.54, 1.807) is 0 Å². The van der Waals surface area contributed by atoms with Crippen LogP contribution in [0.15, 0.2) is 10.8 Å². The third kappa shape index (κ3) is 2.43. The number of carboxylic acids is 1. The van der Waals surface area contributed by atoms with Gasteiger partial charge in [-0.3, -0.25) is 0 Å². The van der Waals surface area contributed by atoms with E-state index in [1.807, 2.05) is 0 Å². The second-order valence-electron chi connectivity index (χ2n) is 2.59. The summed E-state index contributed by atoms with van der Waals surface area (Å²) in [5, 5.41) is 8.69. The molecule has 0 saturated carbocycles. The lowest BCUT2D eigenvalue weighted by molar-refractivity contribution is 0.0683. The number of hydrogen-bond donors (Lipinski definition) is 1. The molecular formula is C8H5BrClF2NO2. The summed E-state index contributed by atoms with van der Waals surface area (Å²) in [7, 11) is 0. The van der Waals surface area contributed by atoms with Crippen molar-refractivity contribution in [2.24, 2.45) is 0 Å². The number of rotatable bonds is 3. The molecule has 0 atom stereocenters. The SMILES string of the molecule is O=C(O)c1cnc(Br)c(CCl)c1C(F)F. The lowest BCUT2D eigenvalue weighted by Gasteiger charge is -2.10.